The van der Waals surface area contributed by atoms with Crippen molar-refractivity contribution in [2.75, 3.05) is 12.4 Å². The molecular formula is C27H27N5O5. The number of phenols is 1. The highest BCUT2D eigenvalue weighted by molar-refractivity contribution is 6.02. The van der Waals surface area contributed by atoms with Crippen LogP contribution in [0, 0.1) is 0 Å². The van der Waals surface area contributed by atoms with Crippen molar-refractivity contribution in [2.24, 2.45) is 0 Å². The number of aromatic hydroxyl groups is 1. The van der Waals surface area contributed by atoms with E-state index < -0.39 is 5.91 Å². The SMILES string of the molecule is COc1ccc(CNC(=O)n2nc(-c3ccc(NC(=O)c4ccno4)cc3O)cc2C2CCCC2)cc1. The third-order valence-corrected chi connectivity index (χ3v) is 6.50. The molecule has 2 amide bonds. The van der Waals surface area contributed by atoms with Gasteiger partial charge < -0.3 is 25.0 Å². The van der Waals surface area contributed by atoms with Gasteiger partial charge in [-0.05, 0) is 48.7 Å². The molecule has 0 atom stereocenters. The molecule has 0 bridgehead atoms. The van der Waals surface area contributed by atoms with Crippen LogP contribution >= 0.6 is 0 Å². The number of nitrogens with zero attached hydrogens (tertiary/aromatic N) is 3. The van der Waals surface area contributed by atoms with Crippen molar-refractivity contribution in [3.63, 3.8) is 0 Å². The molecule has 0 aliphatic heterocycles. The first kappa shape index (κ1) is 24.1. The fraction of sp³-hybridized carbons (Fsp3) is 0.259. The quantitative estimate of drug-likeness (QED) is 0.327. The highest BCUT2D eigenvalue weighted by Crippen LogP contribution is 2.38. The second-order valence-corrected chi connectivity index (χ2v) is 8.92. The van der Waals surface area contributed by atoms with Gasteiger partial charge in [-0.3, -0.25) is 4.79 Å². The number of rotatable bonds is 7. The minimum absolute atomic E-state index is 0.0594. The maximum Gasteiger partial charge on any atom is 0.342 e. The summed E-state index contributed by atoms with van der Waals surface area (Å²) in [6.07, 6.45) is 5.54. The molecule has 1 saturated carbocycles. The largest absolute Gasteiger partial charge is 0.507 e. The Bertz CT molecular complexity index is 1390. The average Bonchev–Trinajstić information content (AvgIpc) is 3.69. The van der Waals surface area contributed by atoms with Crippen LogP contribution in [0.25, 0.3) is 11.3 Å². The van der Waals surface area contributed by atoms with E-state index in [2.05, 4.69) is 20.9 Å². The van der Waals surface area contributed by atoms with Crippen LogP contribution in [0.1, 0.15) is 53.4 Å². The van der Waals surface area contributed by atoms with Crippen LogP contribution in [0.3, 0.4) is 0 Å². The van der Waals surface area contributed by atoms with E-state index in [0.717, 1.165) is 42.7 Å². The highest BCUT2D eigenvalue weighted by atomic mass is 16.5. The number of benzene rings is 2. The first-order valence-electron chi connectivity index (χ1n) is 12.1. The molecule has 0 unspecified atom stereocenters. The van der Waals surface area contributed by atoms with Crippen molar-refractivity contribution in [1.29, 1.82) is 0 Å². The first-order chi connectivity index (χ1) is 18.0. The number of anilines is 1. The first-order valence-corrected chi connectivity index (χ1v) is 12.1. The molecule has 0 spiro atoms. The molecule has 1 aliphatic rings. The van der Waals surface area contributed by atoms with E-state index in [-0.39, 0.29) is 23.5 Å². The van der Waals surface area contributed by atoms with Gasteiger partial charge in [0.1, 0.15) is 11.5 Å². The second-order valence-electron chi connectivity index (χ2n) is 8.92. The second kappa shape index (κ2) is 10.6. The predicted molar refractivity (Wildman–Crippen MR) is 136 cm³/mol. The lowest BCUT2D eigenvalue weighted by Crippen LogP contribution is -2.30. The van der Waals surface area contributed by atoms with Crippen molar-refractivity contribution < 1.29 is 24.0 Å². The minimum Gasteiger partial charge on any atom is -0.507 e. The maximum atomic E-state index is 13.2. The van der Waals surface area contributed by atoms with Gasteiger partial charge in [0.15, 0.2) is 0 Å². The summed E-state index contributed by atoms with van der Waals surface area (Å²) >= 11 is 0. The van der Waals surface area contributed by atoms with E-state index in [0.29, 0.717) is 23.5 Å². The van der Waals surface area contributed by atoms with Gasteiger partial charge >= 0.3 is 6.03 Å². The minimum atomic E-state index is -0.481. The van der Waals surface area contributed by atoms with Crippen molar-refractivity contribution in [3.8, 4) is 22.8 Å². The Morgan fingerprint density at radius 1 is 1.11 bits per heavy atom. The fourth-order valence-electron chi connectivity index (χ4n) is 4.55. The Morgan fingerprint density at radius 3 is 2.57 bits per heavy atom. The Hall–Kier alpha value is -4.60. The van der Waals surface area contributed by atoms with E-state index >= 15 is 0 Å². The molecule has 190 valence electrons. The molecule has 3 N–H and O–H groups in total. The normalized spacial score (nSPS) is 13.4. The highest BCUT2D eigenvalue weighted by Gasteiger charge is 2.26. The molecule has 0 saturated heterocycles. The zero-order valence-corrected chi connectivity index (χ0v) is 20.3. The maximum absolute atomic E-state index is 13.2. The number of carbonyl (C=O) groups is 2. The molecule has 1 aliphatic carbocycles. The molecule has 2 heterocycles. The summed E-state index contributed by atoms with van der Waals surface area (Å²) in [6, 6.07) is 15.2. The van der Waals surface area contributed by atoms with Gasteiger partial charge in [-0.1, -0.05) is 30.1 Å². The van der Waals surface area contributed by atoms with Crippen molar-refractivity contribution in [2.45, 2.75) is 38.1 Å². The summed E-state index contributed by atoms with van der Waals surface area (Å²) in [6.45, 7) is 0.340. The predicted octanol–water partition coefficient (Wildman–Crippen LogP) is 4.92. The van der Waals surface area contributed by atoms with Crippen LogP contribution in [0.2, 0.25) is 0 Å². The lowest BCUT2D eigenvalue weighted by Gasteiger charge is -2.12. The van der Waals surface area contributed by atoms with Crippen LogP contribution in [0.15, 0.2) is 65.3 Å². The molecule has 1 fully saturated rings. The zero-order chi connectivity index (χ0) is 25.8. The Balaban J connectivity index is 1.37. The van der Waals surface area contributed by atoms with Crippen molar-refractivity contribution in [1.82, 2.24) is 20.3 Å². The summed E-state index contributed by atoms with van der Waals surface area (Å²) in [4.78, 5) is 25.4. The topological polar surface area (TPSA) is 132 Å². The Labute approximate surface area is 213 Å². The van der Waals surface area contributed by atoms with Gasteiger partial charge in [-0.25, -0.2) is 4.79 Å². The van der Waals surface area contributed by atoms with Crippen molar-refractivity contribution in [3.05, 3.63) is 77.8 Å². The monoisotopic (exact) mass is 501 g/mol. The molecular weight excluding hydrogens is 474 g/mol. The molecule has 5 rings (SSSR count). The number of methoxy groups -OCH3 is 1. The number of carbonyl (C=O) groups excluding carboxylic acids is 2. The van der Waals surface area contributed by atoms with E-state index in [4.69, 9.17) is 9.26 Å². The number of phenolic OH excluding ortho intramolecular Hbond substituents is 1. The number of ether oxygens (including phenoxy) is 1. The molecule has 2 aromatic heterocycles. The van der Waals surface area contributed by atoms with Crippen LogP contribution in [-0.4, -0.2) is 39.1 Å². The smallest absolute Gasteiger partial charge is 0.342 e. The molecule has 37 heavy (non-hydrogen) atoms. The summed E-state index contributed by atoms with van der Waals surface area (Å²) in [5.41, 5.74) is 3.08. The summed E-state index contributed by atoms with van der Waals surface area (Å²) < 4.78 is 11.5. The van der Waals surface area contributed by atoms with E-state index in [1.807, 2.05) is 30.3 Å². The van der Waals surface area contributed by atoms with Crippen LogP contribution in [0.4, 0.5) is 10.5 Å². The number of hydrogen-bond acceptors (Lipinski definition) is 7. The fourth-order valence-corrected chi connectivity index (χ4v) is 4.55. The third kappa shape index (κ3) is 5.32. The third-order valence-electron chi connectivity index (χ3n) is 6.50. The van der Waals surface area contributed by atoms with Crippen LogP contribution < -0.4 is 15.4 Å². The molecule has 2 aromatic carbocycles. The number of hydrogen-bond donors (Lipinski definition) is 3. The van der Waals surface area contributed by atoms with E-state index in [9.17, 15) is 14.7 Å². The number of nitrogens with one attached hydrogen (secondary N) is 2. The standard InChI is InChI=1S/C27H27N5O5/c1-36-20-9-6-17(7-10-20)16-28-27(35)32-23(18-4-2-3-5-18)15-22(31-32)21-11-8-19(14-24(21)33)30-26(34)25-12-13-29-37-25/h6-15,18,33H,2-5,16H2,1H3,(H,28,35)(H,30,34). The number of aromatic nitrogens is 3. The summed E-state index contributed by atoms with van der Waals surface area (Å²) in [5, 5.41) is 24.4. The lowest BCUT2D eigenvalue weighted by molar-refractivity contribution is 0.0988. The van der Waals surface area contributed by atoms with Gasteiger partial charge in [-0.2, -0.15) is 9.78 Å². The zero-order valence-electron chi connectivity index (χ0n) is 20.3. The van der Waals surface area contributed by atoms with Crippen molar-refractivity contribution >= 4 is 17.6 Å². The van der Waals surface area contributed by atoms with Gasteiger partial charge in [0.25, 0.3) is 5.91 Å². The average molecular weight is 502 g/mol. The van der Waals surface area contributed by atoms with Crippen LogP contribution in [0.5, 0.6) is 11.5 Å². The van der Waals surface area contributed by atoms with E-state index in [1.54, 1.807) is 19.2 Å². The summed E-state index contributed by atoms with van der Waals surface area (Å²) in [7, 11) is 1.61. The molecule has 0 radical (unpaired) electrons. The molecule has 4 aromatic rings. The number of amides is 2. The molecule has 10 heteroatoms. The molecule has 10 nitrogen and oxygen atoms in total. The Kier molecular flexibility index (Phi) is 6.89. The Morgan fingerprint density at radius 2 is 1.89 bits per heavy atom. The van der Waals surface area contributed by atoms with Gasteiger partial charge in [0.2, 0.25) is 5.76 Å². The summed E-state index contributed by atoms with van der Waals surface area (Å²) in [5.74, 6) is 0.473. The van der Waals surface area contributed by atoms with Crippen LogP contribution in [-0.2, 0) is 6.54 Å². The lowest BCUT2D eigenvalue weighted by atomic mass is 10.0. The van der Waals surface area contributed by atoms with Gasteiger partial charge in [0, 0.05) is 35.8 Å². The van der Waals surface area contributed by atoms with Gasteiger partial charge in [-0.15, -0.1) is 0 Å². The van der Waals surface area contributed by atoms with E-state index in [1.165, 1.54) is 23.0 Å². The van der Waals surface area contributed by atoms with Gasteiger partial charge in [0.05, 0.1) is 24.7 Å².